The minimum absolute atomic E-state index is 0.146. The van der Waals surface area contributed by atoms with Crippen molar-refractivity contribution in [2.24, 2.45) is 11.7 Å². The summed E-state index contributed by atoms with van der Waals surface area (Å²) in [7, 11) is 0. The van der Waals surface area contributed by atoms with Gasteiger partial charge in [-0.3, -0.25) is 5.41 Å². The van der Waals surface area contributed by atoms with E-state index in [1.54, 1.807) is 0 Å². The summed E-state index contributed by atoms with van der Waals surface area (Å²) in [6, 6.07) is 12.6. The molecular formula is C24H34ClN4+. The van der Waals surface area contributed by atoms with E-state index in [-0.39, 0.29) is 6.04 Å². The first-order valence-corrected chi connectivity index (χ1v) is 10.9. The molecule has 2 aromatic rings. The monoisotopic (exact) mass is 413 g/mol. The average Bonchev–Trinajstić information content (AvgIpc) is 2.85. The molecule has 4 N–H and O–H groups in total. The molecule has 0 aliphatic carbocycles. The zero-order valence-corrected chi connectivity index (χ0v) is 18.6. The first-order chi connectivity index (χ1) is 13.9. The van der Waals surface area contributed by atoms with Crippen molar-refractivity contribution in [3.63, 3.8) is 0 Å². The number of halogens is 1. The second-order valence-electron chi connectivity index (χ2n) is 8.55. The van der Waals surface area contributed by atoms with Gasteiger partial charge in [-0.05, 0) is 43.6 Å². The number of amidine groups is 1. The molecule has 1 aliphatic rings. The number of fused-ring (bicyclic) bond motifs is 1. The van der Waals surface area contributed by atoms with E-state index < -0.39 is 0 Å². The molecule has 29 heavy (non-hydrogen) atoms. The summed E-state index contributed by atoms with van der Waals surface area (Å²) in [5, 5.41) is 15.6. The Kier molecular flexibility index (Phi) is 7.33. The Balaban J connectivity index is 1.71. The van der Waals surface area contributed by atoms with Gasteiger partial charge in [0.2, 0.25) is 5.02 Å². The molecule has 0 spiro atoms. The zero-order chi connectivity index (χ0) is 21.0. The lowest BCUT2D eigenvalue weighted by molar-refractivity contribution is -0.286. The number of rotatable bonds is 5. The van der Waals surface area contributed by atoms with Crippen LogP contribution >= 0.6 is 0 Å². The lowest BCUT2D eigenvalue weighted by Gasteiger charge is -2.29. The van der Waals surface area contributed by atoms with Crippen LogP contribution in [-0.2, 0) is 6.54 Å². The van der Waals surface area contributed by atoms with Crippen LogP contribution in [0, 0.1) is 22.9 Å². The van der Waals surface area contributed by atoms with Crippen LogP contribution in [0.4, 0.5) is 0 Å². The molecule has 0 bridgehead atoms. The topological polar surface area (TPSA) is 65.1 Å². The summed E-state index contributed by atoms with van der Waals surface area (Å²) in [6.45, 7) is 9.50. The molecule has 2 aromatic carbocycles. The second-order valence-corrected chi connectivity index (χ2v) is 8.99. The third kappa shape index (κ3) is 5.39. The summed E-state index contributed by atoms with van der Waals surface area (Å²) in [5.74, 6) is 1.18. The second kappa shape index (κ2) is 9.75. The maximum Gasteiger partial charge on any atom is 0.233 e. The third-order valence-corrected chi connectivity index (χ3v) is 6.13. The number of allylic oxidation sites excluding steroid dienone is 1. The van der Waals surface area contributed by atoms with Crippen molar-refractivity contribution >= 4 is 16.6 Å². The van der Waals surface area contributed by atoms with Gasteiger partial charge in [0.1, 0.15) is 5.84 Å². The predicted octanol–water partition coefficient (Wildman–Crippen LogP) is 4.00. The highest BCUT2D eigenvalue weighted by Gasteiger charge is 2.23. The summed E-state index contributed by atoms with van der Waals surface area (Å²) in [6.07, 6.45) is 2.18. The molecule has 1 saturated heterocycles. The van der Waals surface area contributed by atoms with Gasteiger partial charge in [-0.25, -0.2) is 0 Å². The van der Waals surface area contributed by atoms with Crippen molar-refractivity contribution in [2.75, 3.05) is 19.6 Å². The highest BCUT2D eigenvalue weighted by Crippen LogP contribution is 2.24. The van der Waals surface area contributed by atoms with Gasteiger partial charge in [0.15, 0.2) is 11.6 Å². The van der Waals surface area contributed by atoms with E-state index in [1.807, 2.05) is 12.1 Å². The number of nitrogens with zero attached hydrogens (tertiary/aromatic N) is 1. The maximum atomic E-state index is 8.85. The van der Waals surface area contributed by atoms with Gasteiger partial charge in [0.25, 0.3) is 0 Å². The van der Waals surface area contributed by atoms with Crippen molar-refractivity contribution in [1.82, 2.24) is 10.2 Å². The van der Waals surface area contributed by atoms with Crippen LogP contribution in [0.15, 0.2) is 47.5 Å². The lowest BCUT2D eigenvalue weighted by Crippen LogP contribution is -2.42. The molecule has 3 rings (SSSR count). The molecule has 5 heteroatoms. The van der Waals surface area contributed by atoms with E-state index in [1.165, 1.54) is 16.5 Å². The van der Waals surface area contributed by atoms with E-state index in [4.69, 9.17) is 22.7 Å². The molecule has 4 nitrogen and oxygen atoms in total. The van der Waals surface area contributed by atoms with Gasteiger partial charge < -0.3 is 16.0 Å². The number of likely N-dealkylation sites (tertiary alicyclic amines) is 1. The van der Waals surface area contributed by atoms with Crippen molar-refractivity contribution in [2.45, 2.75) is 46.2 Å². The fourth-order valence-electron chi connectivity index (χ4n) is 4.14. The van der Waals surface area contributed by atoms with Crippen LogP contribution in [-0.4, -0.2) is 36.4 Å². The quantitative estimate of drug-likeness (QED) is 0.512. The molecule has 1 aliphatic heterocycles. The fraction of sp³-hybridized carbons (Fsp3) is 0.458. The van der Waals surface area contributed by atoms with Crippen LogP contribution in [0.5, 0.6) is 0 Å². The Morgan fingerprint density at radius 3 is 2.62 bits per heavy atom. The molecule has 0 saturated carbocycles. The van der Waals surface area contributed by atoms with E-state index in [0.717, 1.165) is 48.5 Å². The first-order valence-electron chi connectivity index (χ1n) is 10.5. The van der Waals surface area contributed by atoms with Gasteiger partial charge in [-0.2, -0.15) is 0 Å². The lowest BCUT2D eigenvalue weighted by atomic mass is 10.0. The summed E-state index contributed by atoms with van der Waals surface area (Å²) >= 11 is 5.56. The van der Waals surface area contributed by atoms with Crippen LogP contribution < -0.4 is 11.1 Å². The molecule has 1 unspecified atom stereocenters. The van der Waals surface area contributed by atoms with Crippen LogP contribution in [0.1, 0.15) is 39.2 Å². The number of nitrogens with one attached hydrogen (secondary N) is 2. The van der Waals surface area contributed by atoms with Gasteiger partial charge in [0.05, 0.1) is 5.39 Å². The molecule has 0 amide bonds. The first kappa shape index (κ1) is 21.8. The maximum absolute atomic E-state index is 8.85. The number of hydrogen-bond acceptors (Lipinski definition) is 3. The van der Waals surface area contributed by atoms with E-state index in [0.29, 0.717) is 18.3 Å². The van der Waals surface area contributed by atoms with Crippen LogP contribution in [0.25, 0.3) is 10.8 Å². The minimum Gasteiger partial charge on any atom is -0.355 e. The highest BCUT2D eigenvalue weighted by atomic mass is 35.5. The van der Waals surface area contributed by atoms with Crippen molar-refractivity contribution < 1.29 is 11.6 Å². The average molecular weight is 414 g/mol. The van der Waals surface area contributed by atoms with Crippen molar-refractivity contribution in [3.05, 3.63) is 58.1 Å². The van der Waals surface area contributed by atoms with Gasteiger partial charge >= 0.3 is 0 Å². The van der Waals surface area contributed by atoms with E-state index in [9.17, 15) is 0 Å². The molecule has 1 heterocycles. The van der Waals surface area contributed by atoms with Gasteiger partial charge in [-0.1, -0.05) is 42.8 Å². The molecular weight excluding hydrogens is 380 g/mol. The van der Waals surface area contributed by atoms with Gasteiger partial charge in [0, 0.05) is 43.9 Å². The third-order valence-electron chi connectivity index (χ3n) is 5.79. The standard InChI is InChI=1S/C24H34ClN4/c1-16(2)21(24(27)29-14-17(3)10-11-20(26)15-29)13-28-12-19-8-4-6-18-7-5-9-22(25)23(18)19/h4-9,17,20,25,27-28H,10-15,26H2,1-3H3/q+1/t17-,20?/m0/s1. The number of nitrogens with two attached hydrogens (primary N) is 1. The SMILES string of the molecule is CC(C)=C(CNCc1cccc2cccc([ClH+])c12)C(=N)N1CC(N)CC[C@H](C)C1. The molecule has 1 fully saturated rings. The Morgan fingerprint density at radius 2 is 1.90 bits per heavy atom. The van der Waals surface area contributed by atoms with Crippen molar-refractivity contribution in [1.29, 1.82) is 5.41 Å². The Morgan fingerprint density at radius 1 is 1.17 bits per heavy atom. The number of benzene rings is 2. The highest BCUT2D eigenvalue weighted by molar-refractivity contribution is 5.97. The molecule has 0 radical (unpaired) electrons. The largest absolute Gasteiger partial charge is 0.355 e. The summed E-state index contributed by atoms with van der Waals surface area (Å²) < 4.78 is 0. The molecule has 2 atom stereocenters. The molecule has 0 aromatic heterocycles. The summed E-state index contributed by atoms with van der Waals surface area (Å²) in [4.78, 5) is 2.17. The fourth-order valence-corrected chi connectivity index (χ4v) is 4.46. The van der Waals surface area contributed by atoms with E-state index >= 15 is 0 Å². The minimum atomic E-state index is 0.146. The molecule has 156 valence electrons. The smallest absolute Gasteiger partial charge is 0.233 e. The predicted molar refractivity (Wildman–Crippen MR) is 120 cm³/mol. The normalized spacial score (nSPS) is 19.8. The van der Waals surface area contributed by atoms with Crippen molar-refractivity contribution in [3.8, 4) is 0 Å². The Hall–Kier alpha value is -1.88. The van der Waals surface area contributed by atoms with Crippen LogP contribution in [0.3, 0.4) is 0 Å². The zero-order valence-electron chi connectivity index (χ0n) is 17.8. The van der Waals surface area contributed by atoms with Crippen LogP contribution in [0.2, 0.25) is 5.02 Å². The summed E-state index contributed by atoms with van der Waals surface area (Å²) in [5.41, 5.74) is 9.71. The Bertz CT molecular complexity index is 884. The van der Waals surface area contributed by atoms with E-state index in [2.05, 4.69) is 55.3 Å². The Labute approximate surface area is 179 Å². The van der Waals surface area contributed by atoms with Gasteiger partial charge in [-0.15, -0.1) is 0 Å². The number of hydrogen-bond donors (Lipinski definition) is 3.